The third kappa shape index (κ3) is 3.55. The number of aryl methyl sites for hydroxylation is 2. The number of aromatic nitrogens is 4. The SMILES string of the molecule is Cc1cn(CC(=O)N2CCCC3(CCc4cnc(-c5ccccc5)nc43)C2)c(=O)[nH]c1=O. The number of carbonyl (C=O) groups excluding carboxylic acids is 1. The number of benzene rings is 1. The number of aromatic amines is 1. The Bertz CT molecular complexity index is 1290. The molecule has 1 saturated heterocycles. The van der Waals surface area contributed by atoms with Gasteiger partial charge in [-0.15, -0.1) is 0 Å². The van der Waals surface area contributed by atoms with Crippen molar-refractivity contribution in [2.45, 2.75) is 44.6 Å². The van der Waals surface area contributed by atoms with Gasteiger partial charge in [0.2, 0.25) is 5.91 Å². The molecule has 0 bridgehead atoms. The fraction of sp³-hybridized carbons (Fsp3) is 0.375. The van der Waals surface area contributed by atoms with E-state index in [1.165, 1.54) is 10.8 Å². The van der Waals surface area contributed by atoms with Crippen LogP contribution in [0.2, 0.25) is 0 Å². The molecule has 1 atom stereocenters. The summed E-state index contributed by atoms with van der Waals surface area (Å²) in [5.41, 5.74) is 2.43. The van der Waals surface area contributed by atoms with E-state index in [-0.39, 0.29) is 17.9 Å². The van der Waals surface area contributed by atoms with Crippen molar-refractivity contribution in [1.82, 2.24) is 24.4 Å². The summed E-state index contributed by atoms with van der Waals surface area (Å²) < 4.78 is 1.28. The molecule has 8 nitrogen and oxygen atoms in total. The van der Waals surface area contributed by atoms with Gasteiger partial charge in [-0.25, -0.2) is 14.8 Å². The number of nitrogens with zero attached hydrogens (tertiary/aromatic N) is 4. The number of nitrogens with one attached hydrogen (secondary N) is 1. The highest BCUT2D eigenvalue weighted by Gasteiger charge is 2.44. The Morgan fingerprint density at radius 3 is 2.81 bits per heavy atom. The van der Waals surface area contributed by atoms with Crippen molar-refractivity contribution >= 4 is 5.91 Å². The van der Waals surface area contributed by atoms with E-state index in [0.29, 0.717) is 24.5 Å². The summed E-state index contributed by atoms with van der Waals surface area (Å²) in [6.45, 7) is 2.78. The van der Waals surface area contributed by atoms with Gasteiger partial charge in [0, 0.05) is 42.0 Å². The van der Waals surface area contributed by atoms with E-state index in [4.69, 9.17) is 4.98 Å². The first-order valence-electron chi connectivity index (χ1n) is 11.0. The van der Waals surface area contributed by atoms with Gasteiger partial charge < -0.3 is 4.90 Å². The van der Waals surface area contributed by atoms with Gasteiger partial charge in [0.05, 0.1) is 5.69 Å². The molecule has 1 unspecified atom stereocenters. The summed E-state index contributed by atoms with van der Waals surface area (Å²) in [5, 5.41) is 0. The van der Waals surface area contributed by atoms with E-state index in [0.717, 1.165) is 42.5 Å². The van der Waals surface area contributed by atoms with Crippen LogP contribution in [0.5, 0.6) is 0 Å². The Morgan fingerprint density at radius 1 is 1.19 bits per heavy atom. The van der Waals surface area contributed by atoms with Crippen molar-refractivity contribution in [2.75, 3.05) is 13.1 Å². The molecule has 32 heavy (non-hydrogen) atoms. The van der Waals surface area contributed by atoms with Gasteiger partial charge >= 0.3 is 5.69 Å². The number of hydrogen-bond acceptors (Lipinski definition) is 5. The average Bonchev–Trinajstić information content (AvgIpc) is 3.15. The molecule has 1 aliphatic heterocycles. The van der Waals surface area contributed by atoms with Gasteiger partial charge in [0.1, 0.15) is 6.54 Å². The van der Waals surface area contributed by atoms with Gasteiger partial charge in [-0.2, -0.15) is 0 Å². The molecule has 3 aromatic rings. The second kappa shape index (κ2) is 7.85. The smallest absolute Gasteiger partial charge is 0.328 e. The average molecular weight is 431 g/mol. The molecule has 2 aliphatic rings. The lowest BCUT2D eigenvalue weighted by molar-refractivity contribution is -0.134. The number of likely N-dealkylation sites (tertiary alicyclic amines) is 1. The van der Waals surface area contributed by atoms with Crippen LogP contribution in [-0.2, 0) is 23.2 Å². The van der Waals surface area contributed by atoms with Gasteiger partial charge in [0.25, 0.3) is 5.56 Å². The minimum absolute atomic E-state index is 0.0849. The number of fused-ring (bicyclic) bond motifs is 2. The van der Waals surface area contributed by atoms with E-state index < -0.39 is 11.2 Å². The molecular weight excluding hydrogens is 406 g/mol. The maximum absolute atomic E-state index is 13.1. The molecule has 3 heterocycles. The van der Waals surface area contributed by atoms with E-state index in [2.05, 4.69) is 9.97 Å². The van der Waals surface area contributed by atoms with Crippen molar-refractivity contribution in [3.63, 3.8) is 0 Å². The molecule has 0 saturated carbocycles. The predicted molar refractivity (Wildman–Crippen MR) is 119 cm³/mol. The maximum atomic E-state index is 13.1. The number of carbonyl (C=O) groups is 1. The fourth-order valence-electron chi connectivity index (χ4n) is 4.99. The minimum atomic E-state index is -0.563. The molecule has 1 N–H and O–H groups in total. The summed E-state index contributed by atoms with van der Waals surface area (Å²) in [5.74, 6) is 0.591. The first-order chi connectivity index (χ1) is 15.4. The number of piperidine rings is 1. The van der Waals surface area contributed by atoms with Crippen LogP contribution in [0.4, 0.5) is 0 Å². The fourth-order valence-corrected chi connectivity index (χ4v) is 4.99. The van der Waals surface area contributed by atoms with Crippen LogP contribution in [0, 0.1) is 6.92 Å². The van der Waals surface area contributed by atoms with Crippen molar-refractivity contribution in [1.29, 1.82) is 0 Å². The first-order valence-corrected chi connectivity index (χ1v) is 11.0. The van der Waals surface area contributed by atoms with Crippen LogP contribution in [0.1, 0.15) is 36.1 Å². The molecule has 164 valence electrons. The Labute approximate surface area is 185 Å². The monoisotopic (exact) mass is 431 g/mol. The number of amides is 1. The number of rotatable bonds is 3. The van der Waals surface area contributed by atoms with Gasteiger partial charge in [0.15, 0.2) is 5.82 Å². The van der Waals surface area contributed by atoms with Crippen LogP contribution < -0.4 is 11.2 Å². The van der Waals surface area contributed by atoms with Crippen molar-refractivity contribution in [3.05, 3.63) is 80.4 Å². The molecule has 5 rings (SSSR count). The molecule has 8 heteroatoms. The molecule has 1 spiro atoms. The summed E-state index contributed by atoms with van der Waals surface area (Å²) in [7, 11) is 0. The van der Waals surface area contributed by atoms with Crippen molar-refractivity contribution < 1.29 is 4.79 Å². The Morgan fingerprint density at radius 2 is 2.00 bits per heavy atom. The lowest BCUT2D eigenvalue weighted by Gasteiger charge is -2.40. The second-order valence-electron chi connectivity index (χ2n) is 8.83. The zero-order valence-electron chi connectivity index (χ0n) is 18.0. The largest absolute Gasteiger partial charge is 0.340 e. The highest BCUT2D eigenvalue weighted by molar-refractivity contribution is 5.76. The Hall–Kier alpha value is -3.55. The molecule has 1 fully saturated rings. The summed E-state index contributed by atoms with van der Waals surface area (Å²) in [4.78, 5) is 50.5. The number of H-pyrrole nitrogens is 1. The molecule has 0 radical (unpaired) electrons. The third-order valence-electron chi connectivity index (χ3n) is 6.70. The minimum Gasteiger partial charge on any atom is -0.340 e. The van der Waals surface area contributed by atoms with Gasteiger partial charge in [-0.05, 0) is 38.2 Å². The molecule has 2 aromatic heterocycles. The van der Waals surface area contributed by atoms with Gasteiger partial charge in [-0.3, -0.25) is 19.1 Å². The molecule has 1 aromatic carbocycles. The van der Waals surface area contributed by atoms with Crippen LogP contribution >= 0.6 is 0 Å². The van der Waals surface area contributed by atoms with Crippen molar-refractivity contribution in [2.24, 2.45) is 0 Å². The number of hydrogen-bond donors (Lipinski definition) is 1. The maximum Gasteiger partial charge on any atom is 0.328 e. The quantitative estimate of drug-likeness (QED) is 0.682. The lowest BCUT2D eigenvalue weighted by Crippen LogP contribution is -2.49. The highest BCUT2D eigenvalue weighted by atomic mass is 16.2. The summed E-state index contributed by atoms with van der Waals surface area (Å²) in [6, 6.07) is 9.93. The summed E-state index contributed by atoms with van der Waals surface area (Å²) in [6.07, 6.45) is 7.09. The van der Waals surface area contributed by atoms with E-state index in [1.807, 2.05) is 41.4 Å². The highest BCUT2D eigenvalue weighted by Crippen LogP contribution is 2.44. The van der Waals surface area contributed by atoms with Gasteiger partial charge in [-0.1, -0.05) is 30.3 Å². The standard InChI is InChI=1S/C24H25N5O3/c1-16-13-29(23(32)27-22(16)31)14-19(30)28-11-5-9-24(15-28)10-8-18-12-25-21(26-20(18)24)17-6-3-2-4-7-17/h2-4,6-7,12-13H,5,8-11,14-15H2,1H3,(H,27,31,32). The zero-order valence-corrected chi connectivity index (χ0v) is 18.0. The normalized spacial score (nSPS) is 19.8. The van der Waals surface area contributed by atoms with Crippen LogP contribution in [0.3, 0.4) is 0 Å². The van der Waals surface area contributed by atoms with E-state index >= 15 is 0 Å². The first kappa shape index (κ1) is 20.4. The zero-order chi connectivity index (χ0) is 22.3. The van der Waals surface area contributed by atoms with E-state index in [1.54, 1.807) is 6.92 Å². The van der Waals surface area contributed by atoms with E-state index in [9.17, 15) is 14.4 Å². The second-order valence-corrected chi connectivity index (χ2v) is 8.83. The Balaban J connectivity index is 1.41. The van der Waals surface area contributed by atoms with Crippen LogP contribution in [0.15, 0.2) is 52.3 Å². The summed E-state index contributed by atoms with van der Waals surface area (Å²) >= 11 is 0. The lowest BCUT2D eigenvalue weighted by atomic mass is 9.77. The topological polar surface area (TPSA) is 101 Å². The predicted octanol–water partition coefficient (Wildman–Crippen LogP) is 1.81. The molecule has 1 aliphatic carbocycles. The Kier molecular flexibility index (Phi) is 5.00. The van der Waals surface area contributed by atoms with Crippen LogP contribution in [-0.4, -0.2) is 43.4 Å². The van der Waals surface area contributed by atoms with Crippen LogP contribution in [0.25, 0.3) is 11.4 Å². The third-order valence-corrected chi connectivity index (χ3v) is 6.70. The molecular formula is C24H25N5O3. The molecule has 1 amide bonds. The van der Waals surface area contributed by atoms with Crippen molar-refractivity contribution in [3.8, 4) is 11.4 Å².